The second-order valence-corrected chi connectivity index (χ2v) is 4.58. The molecule has 3 heterocycles. The molecule has 0 bridgehead atoms. The van der Waals surface area contributed by atoms with Crippen molar-refractivity contribution in [2.24, 2.45) is 0 Å². The first-order valence-electron chi connectivity index (χ1n) is 5.90. The summed E-state index contributed by atoms with van der Waals surface area (Å²) in [6, 6.07) is 0. The molecule has 2 atom stereocenters. The molecule has 4 nitrogen and oxygen atoms in total. The minimum Gasteiger partial charge on any atom is -0.299 e. The highest BCUT2D eigenvalue weighted by molar-refractivity contribution is 4.92. The average molecular weight is 196 g/mol. The van der Waals surface area contributed by atoms with Gasteiger partial charge in [0.05, 0.1) is 12.3 Å². The highest BCUT2D eigenvalue weighted by atomic mass is 15.4. The van der Waals surface area contributed by atoms with Crippen molar-refractivity contribution in [3.8, 4) is 0 Å². The van der Waals surface area contributed by atoms with Crippen molar-refractivity contribution in [2.45, 2.75) is 25.2 Å². The van der Waals surface area contributed by atoms with Crippen LogP contribution in [0.1, 0.15) is 12.8 Å². The summed E-state index contributed by atoms with van der Waals surface area (Å²) < 4.78 is 0. The Morgan fingerprint density at radius 1 is 0.714 bits per heavy atom. The summed E-state index contributed by atoms with van der Waals surface area (Å²) in [6.45, 7) is 7.43. The van der Waals surface area contributed by atoms with Crippen LogP contribution in [0.15, 0.2) is 0 Å². The molecule has 0 aromatic heterocycles. The van der Waals surface area contributed by atoms with Gasteiger partial charge in [-0.3, -0.25) is 20.4 Å². The lowest BCUT2D eigenvalue weighted by Crippen LogP contribution is -2.72. The summed E-state index contributed by atoms with van der Waals surface area (Å²) in [6.07, 6.45) is 3.75. The largest absolute Gasteiger partial charge is 0.299 e. The Bertz CT molecular complexity index is 186. The van der Waals surface area contributed by atoms with E-state index in [1.165, 1.54) is 52.1 Å². The minimum atomic E-state index is 0.567. The molecule has 3 saturated heterocycles. The summed E-state index contributed by atoms with van der Waals surface area (Å²) in [5.74, 6) is 0. The number of nitrogens with zero attached hydrogens (tertiary/aromatic N) is 2. The van der Waals surface area contributed by atoms with Crippen LogP contribution in [-0.4, -0.2) is 61.4 Å². The van der Waals surface area contributed by atoms with Crippen LogP contribution in [0.3, 0.4) is 0 Å². The van der Waals surface area contributed by atoms with Crippen LogP contribution in [0.2, 0.25) is 0 Å². The van der Waals surface area contributed by atoms with Gasteiger partial charge < -0.3 is 0 Å². The summed E-state index contributed by atoms with van der Waals surface area (Å²) in [7, 11) is 0. The quantitative estimate of drug-likeness (QED) is 0.533. The smallest absolute Gasteiger partial charge is 0.0894 e. The summed E-state index contributed by atoms with van der Waals surface area (Å²) >= 11 is 0. The Labute approximate surface area is 85.6 Å². The van der Waals surface area contributed by atoms with E-state index in [-0.39, 0.29) is 0 Å². The maximum atomic E-state index is 3.64. The first-order valence-corrected chi connectivity index (χ1v) is 5.90. The van der Waals surface area contributed by atoms with E-state index in [4.69, 9.17) is 0 Å². The topological polar surface area (TPSA) is 30.5 Å². The molecule has 14 heavy (non-hydrogen) atoms. The number of fused-ring (bicyclic) bond motifs is 3. The van der Waals surface area contributed by atoms with Crippen LogP contribution in [-0.2, 0) is 0 Å². The van der Waals surface area contributed by atoms with E-state index in [0.717, 1.165) is 0 Å². The number of hydrogen-bond acceptors (Lipinski definition) is 4. The molecule has 0 radical (unpaired) electrons. The van der Waals surface area contributed by atoms with Crippen molar-refractivity contribution in [1.29, 1.82) is 0 Å². The van der Waals surface area contributed by atoms with Crippen molar-refractivity contribution in [2.75, 3.05) is 39.3 Å². The van der Waals surface area contributed by atoms with Crippen LogP contribution >= 0.6 is 0 Å². The minimum absolute atomic E-state index is 0.567. The fourth-order valence-electron chi connectivity index (χ4n) is 2.98. The van der Waals surface area contributed by atoms with E-state index < -0.39 is 0 Å². The molecule has 0 unspecified atom stereocenters. The molecule has 2 N–H and O–H groups in total. The van der Waals surface area contributed by atoms with Gasteiger partial charge in [0.25, 0.3) is 0 Å². The summed E-state index contributed by atoms with van der Waals surface area (Å²) in [4.78, 5) is 5.20. The van der Waals surface area contributed by atoms with Crippen LogP contribution in [0, 0.1) is 0 Å². The predicted octanol–water partition coefficient (Wildman–Crippen LogP) is -0.757. The van der Waals surface area contributed by atoms with Gasteiger partial charge in [0.1, 0.15) is 0 Å². The first kappa shape index (κ1) is 9.09. The van der Waals surface area contributed by atoms with Gasteiger partial charge in [0.2, 0.25) is 0 Å². The molecular weight excluding hydrogens is 176 g/mol. The predicted molar refractivity (Wildman–Crippen MR) is 56.0 cm³/mol. The molecule has 3 fully saturated rings. The van der Waals surface area contributed by atoms with Crippen molar-refractivity contribution in [3.63, 3.8) is 0 Å². The maximum absolute atomic E-state index is 3.64. The lowest BCUT2D eigenvalue weighted by molar-refractivity contribution is -0.0393. The third-order valence-electron chi connectivity index (χ3n) is 3.71. The SMILES string of the molecule is C1CN[C@@H]2[C@H]3NCCCN3CCN2C1. The van der Waals surface area contributed by atoms with Gasteiger partial charge in [0, 0.05) is 26.2 Å². The normalized spacial score (nSPS) is 40.3. The molecule has 4 heteroatoms. The van der Waals surface area contributed by atoms with Crippen LogP contribution in [0.4, 0.5) is 0 Å². The van der Waals surface area contributed by atoms with Crippen molar-refractivity contribution in [1.82, 2.24) is 20.4 Å². The fourth-order valence-corrected chi connectivity index (χ4v) is 2.98. The van der Waals surface area contributed by atoms with E-state index in [2.05, 4.69) is 20.4 Å². The third kappa shape index (κ3) is 1.46. The Morgan fingerprint density at radius 2 is 1.21 bits per heavy atom. The molecule has 0 aliphatic carbocycles. The van der Waals surface area contributed by atoms with E-state index >= 15 is 0 Å². The van der Waals surface area contributed by atoms with E-state index in [9.17, 15) is 0 Å². The second-order valence-electron chi connectivity index (χ2n) is 4.58. The molecular formula is C10H20N4. The van der Waals surface area contributed by atoms with Crippen LogP contribution < -0.4 is 10.6 Å². The lowest BCUT2D eigenvalue weighted by Gasteiger charge is -2.51. The standard InChI is InChI=1S/C10H20N4/c1-3-11-9-10-12-4-2-6-14(10)8-7-13(9)5-1/h9-12H,1-8H2/t9-,10-/m0/s1. The van der Waals surface area contributed by atoms with Gasteiger partial charge >= 0.3 is 0 Å². The van der Waals surface area contributed by atoms with Crippen LogP contribution in [0.25, 0.3) is 0 Å². The van der Waals surface area contributed by atoms with Crippen LogP contribution in [0.5, 0.6) is 0 Å². The average Bonchev–Trinajstić information content (AvgIpc) is 2.29. The third-order valence-corrected chi connectivity index (χ3v) is 3.71. The first-order chi connectivity index (χ1) is 6.95. The summed E-state index contributed by atoms with van der Waals surface area (Å²) in [5, 5.41) is 7.28. The molecule has 0 aromatic rings. The van der Waals surface area contributed by atoms with Gasteiger partial charge in [-0.05, 0) is 25.9 Å². The highest BCUT2D eigenvalue weighted by Gasteiger charge is 2.38. The van der Waals surface area contributed by atoms with Crippen molar-refractivity contribution in [3.05, 3.63) is 0 Å². The molecule has 3 aliphatic rings. The number of rotatable bonds is 0. The van der Waals surface area contributed by atoms with Gasteiger partial charge in [-0.25, -0.2) is 0 Å². The molecule has 0 aromatic carbocycles. The molecule has 0 spiro atoms. The van der Waals surface area contributed by atoms with Gasteiger partial charge in [-0.15, -0.1) is 0 Å². The second kappa shape index (κ2) is 3.77. The summed E-state index contributed by atoms with van der Waals surface area (Å²) in [5.41, 5.74) is 0. The van der Waals surface area contributed by atoms with Gasteiger partial charge in [-0.1, -0.05) is 0 Å². The van der Waals surface area contributed by atoms with E-state index in [0.29, 0.717) is 12.3 Å². The van der Waals surface area contributed by atoms with Gasteiger partial charge in [0.15, 0.2) is 0 Å². The maximum Gasteiger partial charge on any atom is 0.0894 e. The molecule has 0 saturated carbocycles. The monoisotopic (exact) mass is 196 g/mol. The zero-order valence-electron chi connectivity index (χ0n) is 8.71. The molecule has 80 valence electrons. The van der Waals surface area contributed by atoms with Crippen molar-refractivity contribution >= 4 is 0 Å². The fraction of sp³-hybridized carbons (Fsp3) is 1.00. The van der Waals surface area contributed by atoms with E-state index in [1.807, 2.05) is 0 Å². The number of nitrogens with one attached hydrogen (secondary N) is 2. The Balaban J connectivity index is 1.74. The number of hydrogen-bond donors (Lipinski definition) is 2. The van der Waals surface area contributed by atoms with Gasteiger partial charge in [-0.2, -0.15) is 0 Å². The van der Waals surface area contributed by atoms with Crippen molar-refractivity contribution < 1.29 is 0 Å². The molecule has 3 aliphatic heterocycles. The molecule has 3 rings (SSSR count). The van der Waals surface area contributed by atoms with E-state index in [1.54, 1.807) is 0 Å². The Hall–Kier alpha value is -0.160. The zero-order valence-corrected chi connectivity index (χ0v) is 8.71. The molecule has 0 amide bonds. The Kier molecular flexibility index (Phi) is 2.45. The lowest BCUT2D eigenvalue weighted by atomic mass is 10.1. The zero-order chi connectivity index (χ0) is 9.38. The Morgan fingerprint density at radius 3 is 1.71 bits per heavy atom. The highest BCUT2D eigenvalue weighted by Crippen LogP contribution is 2.19. The number of piperazine rings is 1.